The lowest BCUT2D eigenvalue weighted by atomic mass is 10.0. The largest absolute Gasteiger partial charge is 0.343 e. The maximum Gasteiger partial charge on any atom is 0.246 e. The Morgan fingerprint density at radius 2 is 2.05 bits per heavy atom. The van der Waals surface area contributed by atoms with Crippen LogP contribution in [-0.2, 0) is 23.2 Å². The Morgan fingerprint density at radius 1 is 1.32 bits per heavy atom. The van der Waals surface area contributed by atoms with Crippen molar-refractivity contribution in [2.75, 3.05) is 0 Å². The van der Waals surface area contributed by atoms with Gasteiger partial charge in [0.1, 0.15) is 12.1 Å². The van der Waals surface area contributed by atoms with E-state index in [4.69, 9.17) is 0 Å². The molecule has 1 N–H and O–H groups in total. The van der Waals surface area contributed by atoms with E-state index in [1.54, 1.807) is 15.8 Å². The molecule has 6 nitrogen and oxygen atoms in total. The van der Waals surface area contributed by atoms with Gasteiger partial charge >= 0.3 is 0 Å². The number of amides is 2. The summed E-state index contributed by atoms with van der Waals surface area (Å²) in [5, 5.41) is 6.88. The summed E-state index contributed by atoms with van der Waals surface area (Å²) in [5.74, 6) is -0.0596. The summed E-state index contributed by atoms with van der Waals surface area (Å²) in [7, 11) is 1.83. The van der Waals surface area contributed by atoms with Crippen molar-refractivity contribution in [3.05, 3.63) is 18.0 Å². The first-order chi connectivity index (χ1) is 9.06. The highest BCUT2D eigenvalue weighted by molar-refractivity contribution is 5.96. The molecule has 6 heteroatoms. The number of nitrogens with one attached hydrogen (secondary N) is 1. The number of rotatable bonds is 4. The van der Waals surface area contributed by atoms with Crippen LogP contribution in [0.25, 0.3) is 0 Å². The van der Waals surface area contributed by atoms with Crippen molar-refractivity contribution in [1.82, 2.24) is 20.0 Å². The molecule has 19 heavy (non-hydrogen) atoms. The third kappa shape index (κ3) is 2.62. The van der Waals surface area contributed by atoms with Gasteiger partial charge in [0.2, 0.25) is 11.8 Å². The molecular weight excluding hydrogens is 244 g/mol. The minimum atomic E-state index is -0.396. The molecule has 0 spiro atoms. The monoisotopic (exact) mass is 264 g/mol. The molecule has 0 radical (unpaired) electrons. The third-order valence-corrected chi connectivity index (χ3v) is 3.48. The van der Waals surface area contributed by atoms with Gasteiger partial charge in [-0.25, -0.2) is 0 Å². The van der Waals surface area contributed by atoms with Crippen LogP contribution in [0.5, 0.6) is 0 Å². The van der Waals surface area contributed by atoms with Crippen LogP contribution in [-0.4, -0.2) is 38.6 Å². The van der Waals surface area contributed by atoms with Crippen LogP contribution in [0, 0.1) is 0 Å². The van der Waals surface area contributed by atoms with E-state index < -0.39 is 6.04 Å². The number of carbonyl (C=O) groups excluding carboxylic acids is 2. The number of piperazine rings is 1. The number of aromatic nitrogens is 2. The van der Waals surface area contributed by atoms with E-state index in [2.05, 4.69) is 10.4 Å². The Morgan fingerprint density at radius 3 is 2.58 bits per heavy atom. The molecule has 1 fully saturated rings. The van der Waals surface area contributed by atoms with Gasteiger partial charge in [0, 0.05) is 25.4 Å². The van der Waals surface area contributed by atoms with Gasteiger partial charge in [0.25, 0.3) is 0 Å². The quantitative estimate of drug-likeness (QED) is 0.858. The molecule has 104 valence electrons. The smallest absolute Gasteiger partial charge is 0.246 e. The summed E-state index contributed by atoms with van der Waals surface area (Å²) in [6.07, 6.45) is 4.83. The topological polar surface area (TPSA) is 67.2 Å². The zero-order chi connectivity index (χ0) is 14.0. The average Bonchev–Trinajstić information content (AvgIpc) is 2.79. The molecule has 0 bridgehead atoms. The lowest BCUT2D eigenvalue weighted by Gasteiger charge is -2.38. The number of carbonyl (C=O) groups is 2. The Hall–Kier alpha value is -1.85. The van der Waals surface area contributed by atoms with Gasteiger partial charge in [-0.15, -0.1) is 0 Å². The van der Waals surface area contributed by atoms with Crippen LogP contribution in [0.15, 0.2) is 12.4 Å². The fraction of sp³-hybridized carbons (Fsp3) is 0.615. The average molecular weight is 264 g/mol. The van der Waals surface area contributed by atoms with Crippen molar-refractivity contribution < 1.29 is 9.59 Å². The molecule has 0 saturated carbocycles. The molecule has 1 aliphatic heterocycles. The lowest BCUT2D eigenvalue weighted by molar-refractivity contribution is -0.150. The Balaban J connectivity index is 2.21. The SMILES string of the molecule is CCC1NC(=O)C(CC)N(Cc2cnn(C)c2)C1=O. The van der Waals surface area contributed by atoms with Crippen molar-refractivity contribution in [2.45, 2.75) is 45.3 Å². The van der Waals surface area contributed by atoms with E-state index in [0.717, 1.165) is 5.56 Å². The summed E-state index contributed by atoms with van der Waals surface area (Å²) in [4.78, 5) is 26.1. The second-order valence-electron chi connectivity index (χ2n) is 4.88. The van der Waals surface area contributed by atoms with E-state index >= 15 is 0 Å². The first-order valence-corrected chi connectivity index (χ1v) is 6.65. The van der Waals surface area contributed by atoms with Crippen LogP contribution < -0.4 is 5.32 Å². The van der Waals surface area contributed by atoms with E-state index in [1.807, 2.05) is 27.1 Å². The molecule has 1 aliphatic rings. The van der Waals surface area contributed by atoms with Gasteiger partial charge in [-0.2, -0.15) is 5.10 Å². The molecule has 0 aliphatic carbocycles. The summed E-state index contributed by atoms with van der Waals surface area (Å²) in [6.45, 7) is 4.26. The predicted molar refractivity (Wildman–Crippen MR) is 70.1 cm³/mol. The maximum absolute atomic E-state index is 12.4. The van der Waals surface area contributed by atoms with Gasteiger partial charge in [-0.1, -0.05) is 13.8 Å². The van der Waals surface area contributed by atoms with Crippen LogP contribution in [0.4, 0.5) is 0 Å². The molecule has 2 amide bonds. The fourth-order valence-electron chi connectivity index (χ4n) is 2.45. The highest BCUT2D eigenvalue weighted by atomic mass is 16.2. The van der Waals surface area contributed by atoms with Gasteiger partial charge in [-0.3, -0.25) is 14.3 Å². The molecule has 2 rings (SSSR count). The van der Waals surface area contributed by atoms with Gasteiger partial charge in [0.05, 0.1) is 6.20 Å². The maximum atomic E-state index is 12.4. The number of aryl methyl sites for hydroxylation is 1. The van der Waals surface area contributed by atoms with Crippen LogP contribution in [0.2, 0.25) is 0 Å². The van der Waals surface area contributed by atoms with E-state index in [0.29, 0.717) is 19.4 Å². The van der Waals surface area contributed by atoms with Crippen molar-refractivity contribution in [2.24, 2.45) is 7.05 Å². The molecule has 0 aromatic carbocycles. The molecule has 1 aromatic rings. The minimum Gasteiger partial charge on any atom is -0.343 e. The highest BCUT2D eigenvalue weighted by Crippen LogP contribution is 2.17. The number of hydrogen-bond acceptors (Lipinski definition) is 3. The van der Waals surface area contributed by atoms with Gasteiger partial charge in [0.15, 0.2) is 0 Å². The summed E-state index contributed by atoms with van der Waals surface area (Å²) >= 11 is 0. The first-order valence-electron chi connectivity index (χ1n) is 6.65. The van der Waals surface area contributed by atoms with Crippen LogP contribution >= 0.6 is 0 Å². The molecule has 2 atom stereocenters. The van der Waals surface area contributed by atoms with Gasteiger partial charge < -0.3 is 10.2 Å². The zero-order valence-electron chi connectivity index (χ0n) is 11.6. The second-order valence-corrected chi connectivity index (χ2v) is 4.88. The molecule has 1 aromatic heterocycles. The molecule has 2 heterocycles. The third-order valence-electron chi connectivity index (χ3n) is 3.48. The summed E-state index contributed by atoms with van der Waals surface area (Å²) in [5.41, 5.74) is 0.943. The van der Waals surface area contributed by atoms with Crippen molar-refractivity contribution >= 4 is 11.8 Å². The number of hydrogen-bond donors (Lipinski definition) is 1. The Kier molecular flexibility index (Phi) is 3.87. The van der Waals surface area contributed by atoms with E-state index in [1.165, 1.54) is 0 Å². The molecule has 2 unspecified atom stereocenters. The lowest BCUT2D eigenvalue weighted by Crippen LogP contribution is -2.62. The second kappa shape index (κ2) is 5.42. The van der Waals surface area contributed by atoms with Crippen molar-refractivity contribution in [3.63, 3.8) is 0 Å². The predicted octanol–water partition coefficient (Wildman–Crippen LogP) is 0.436. The van der Waals surface area contributed by atoms with Crippen LogP contribution in [0.3, 0.4) is 0 Å². The van der Waals surface area contributed by atoms with Crippen molar-refractivity contribution in [3.8, 4) is 0 Å². The van der Waals surface area contributed by atoms with Crippen molar-refractivity contribution in [1.29, 1.82) is 0 Å². The van der Waals surface area contributed by atoms with E-state index in [-0.39, 0.29) is 17.9 Å². The molecular formula is C13H20N4O2. The fourth-order valence-corrected chi connectivity index (χ4v) is 2.45. The Bertz CT molecular complexity index is 483. The van der Waals surface area contributed by atoms with Crippen LogP contribution in [0.1, 0.15) is 32.3 Å². The standard InChI is InChI=1S/C13H20N4O2/c1-4-10-13(19)17(11(5-2)12(18)15-10)8-9-6-14-16(3)7-9/h6-7,10-11H,4-5,8H2,1-3H3,(H,15,18). The zero-order valence-corrected chi connectivity index (χ0v) is 11.6. The van der Waals surface area contributed by atoms with Gasteiger partial charge in [-0.05, 0) is 12.8 Å². The highest BCUT2D eigenvalue weighted by Gasteiger charge is 2.38. The summed E-state index contributed by atoms with van der Waals surface area (Å²) < 4.78 is 1.70. The Labute approximate surface area is 112 Å². The van der Waals surface area contributed by atoms with E-state index in [9.17, 15) is 9.59 Å². The number of nitrogens with zero attached hydrogens (tertiary/aromatic N) is 3. The normalized spacial score (nSPS) is 23.6. The molecule has 1 saturated heterocycles. The summed E-state index contributed by atoms with van der Waals surface area (Å²) in [6, 6.07) is -0.775. The minimum absolute atomic E-state index is 0.00203. The first kappa shape index (κ1) is 13.6.